The number of benzene rings is 2. The van der Waals surface area contributed by atoms with E-state index >= 15 is 0 Å². The molecule has 1 aliphatic rings. The molecular weight excluding hydrogens is 400 g/mol. The topological polar surface area (TPSA) is 75.7 Å². The summed E-state index contributed by atoms with van der Waals surface area (Å²) in [6, 6.07) is 12.6. The van der Waals surface area contributed by atoms with Gasteiger partial charge in [-0.05, 0) is 62.4 Å². The maximum atomic E-state index is 12.9. The van der Waals surface area contributed by atoms with Gasteiger partial charge in [-0.3, -0.25) is 4.79 Å². The molecule has 162 valence electrons. The van der Waals surface area contributed by atoms with Crippen molar-refractivity contribution in [2.24, 2.45) is 0 Å². The van der Waals surface area contributed by atoms with Crippen molar-refractivity contribution in [3.05, 3.63) is 53.6 Å². The van der Waals surface area contributed by atoms with Gasteiger partial charge in [0.15, 0.2) is 0 Å². The fraction of sp³-hybridized carbons (Fsp3) is 0.435. The van der Waals surface area contributed by atoms with Gasteiger partial charge in [-0.25, -0.2) is 8.42 Å². The minimum atomic E-state index is -3.54. The Kier molecular flexibility index (Phi) is 7.50. The van der Waals surface area contributed by atoms with Crippen LogP contribution in [0.25, 0.3) is 0 Å². The summed E-state index contributed by atoms with van der Waals surface area (Å²) in [7, 11) is -3.54. The second-order valence-corrected chi connectivity index (χ2v) is 9.47. The third-order valence-electron chi connectivity index (χ3n) is 5.33. The van der Waals surface area contributed by atoms with E-state index in [2.05, 4.69) is 5.32 Å². The molecule has 0 unspecified atom stereocenters. The number of piperidine rings is 1. The maximum Gasteiger partial charge on any atom is 0.243 e. The number of rotatable bonds is 8. The molecule has 0 atom stereocenters. The molecule has 6 nitrogen and oxygen atoms in total. The van der Waals surface area contributed by atoms with Crippen molar-refractivity contribution in [3.8, 4) is 5.75 Å². The Bertz CT molecular complexity index is 982. The van der Waals surface area contributed by atoms with E-state index in [0.717, 1.165) is 36.1 Å². The van der Waals surface area contributed by atoms with Gasteiger partial charge in [-0.1, -0.05) is 30.7 Å². The highest BCUT2D eigenvalue weighted by molar-refractivity contribution is 7.89. The van der Waals surface area contributed by atoms with Crippen LogP contribution in [-0.4, -0.2) is 38.3 Å². The Balaban J connectivity index is 1.69. The van der Waals surface area contributed by atoms with E-state index in [1.807, 2.05) is 38.1 Å². The number of para-hydroxylation sites is 1. The highest BCUT2D eigenvalue weighted by Crippen LogP contribution is 2.26. The summed E-state index contributed by atoms with van der Waals surface area (Å²) in [5.41, 5.74) is 2.35. The quantitative estimate of drug-likeness (QED) is 0.683. The molecule has 1 aliphatic heterocycles. The van der Waals surface area contributed by atoms with Gasteiger partial charge in [0, 0.05) is 25.2 Å². The van der Waals surface area contributed by atoms with Crippen LogP contribution in [0.3, 0.4) is 0 Å². The summed E-state index contributed by atoms with van der Waals surface area (Å²) >= 11 is 0. The first-order valence-corrected chi connectivity index (χ1v) is 12.0. The van der Waals surface area contributed by atoms with Gasteiger partial charge in [0.25, 0.3) is 0 Å². The van der Waals surface area contributed by atoms with Crippen LogP contribution in [0.1, 0.15) is 43.7 Å². The molecule has 30 heavy (non-hydrogen) atoms. The summed E-state index contributed by atoms with van der Waals surface area (Å²) in [5, 5.41) is 2.88. The van der Waals surface area contributed by atoms with E-state index in [4.69, 9.17) is 4.74 Å². The molecule has 2 aromatic carbocycles. The van der Waals surface area contributed by atoms with Crippen LogP contribution < -0.4 is 10.1 Å². The van der Waals surface area contributed by atoms with Crippen molar-refractivity contribution in [3.63, 3.8) is 0 Å². The minimum Gasteiger partial charge on any atom is -0.494 e. The number of aryl methyl sites for hydroxylation is 2. The summed E-state index contributed by atoms with van der Waals surface area (Å²) in [4.78, 5) is 12.8. The van der Waals surface area contributed by atoms with E-state index in [9.17, 15) is 13.2 Å². The summed E-state index contributed by atoms with van der Waals surface area (Å²) in [6.07, 6.45) is 3.67. The van der Waals surface area contributed by atoms with Gasteiger partial charge in [-0.15, -0.1) is 0 Å². The van der Waals surface area contributed by atoms with Gasteiger partial charge in [0.2, 0.25) is 15.9 Å². The van der Waals surface area contributed by atoms with Crippen LogP contribution in [0.4, 0.5) is 5.69 Å². The van der Waals surface area contributed by atoms with Gasteiger partial charge in [0.1, 0.15) is 5.75 Å². The average Bonchev–Trinajstić information content (AvgIpc) is 2.75. The molecular formula is C23H30N2O4S. The zero-order valence-electron chi connectivity index (χ0n) is 17.7. The fourth-order valence-electron chi connectivity index (χ4n) is 3.62. The second-order valence-electron chi connectivity index (χ2n) is 7.53. The molecule has 1 heterocycles. The minimum absolute atomic E-state index is 0.156. The van der Waals surface area contributed by atoms with Gasteiger partial charge in [0.05, 0.1) is 11.5 Å². The summed E-state index contributed by atoms with van der Waals surface area (Å²) in [6.45, 7) is 5.46. The molecule has 0 spiro atoms. The van der Waals surface area contributed by atoms with Crippen molar-refractivity contribution >= 4 is 21.6 Å². The molecule has 0 radical (unpaired) electrons. The lowest BCUT2D eigenvalue weighted by molar-refractivity contribution is -0.116. The molecule has 1 saturated heterocycles. The number of carbonyl (C=O) groups is 1. The number of anilines is 1. The average molecular weight is 431 g/mol. The van der Waals surface area contributed by atoms with Gasteiger partial charge < -0.3 is 10.1 Å². The Hall–Kier alpha value is -2.38. The Morgan fingerprint density at radius 1 is 1.10 bits per heavy atom. The highest BCUT2D eigenvalue weighted by Gasteiger charge is 2.26. The monoisotopic (exact) mass is 430 g/mol. The number of nitrogens with one attached hydrogen (secondary N) is 1. The molecule has 3 rings (SSSR count). The third kappa shape index (κ3) is 5.40. The van der Waals surface area contributed by atoms with Crippen LogP contribution >= 0.6 is 0 Å². The molecule has 0 saturated carbocycles. The first-order valence-electron chi connectivity index (χ1n) is 10.5. The van der Waals surface area contributed by atoms with Crippen LogP contribution in [0.2, 0.25) is 0 Å². The lowest BCUT2D eigenvalue weighted by atomic mass is 10.1. The van der Waals surface area contributed by atoms with E-state index < -0.39 is 10.0 Å². The molecule has 7 heteroatoms. The number of amides is 1. The molecule has 0 aromatic heterocycles. The van der Waals surface area contributed by atoms with E-state index in [-0.39, 0.29) is 17.2 Å². The number of nitrogens with zero attached hydrogens (tertiary/aromatic N) is 1. The molecule has 0 aliphatic carbocycles. The zero-order chi connectivity index (χ0) is 21.6. The summed E-state index contributed by atoms with van der Waals surface area (Å²) in [5.74, 6) is 0.635. The van der Waals surface area contributed by atoms with Gasteiger partial charge >= 0.3 is 0 Å². The SMILES string of the molecule is CCOc1ccccc1CCC(=O)Nc1cc(S(=O)(=O)N2CCCCC2)ccc1C. The van der Waals surface area contributed by atoms with Crippen molar-refractivity contribution in [1.82, 2.24) is 4.31 Å². The summed E-state index contributed by atoms with van der Waals surface area (Å²) < 4.78 is 33.0. The third-order valence-corrected chi connectivity index (χ3v) is 7.22. The Morgan fingerprint density at radius 2 is 1.83 bits per heavy atom. The predicted octanol–water partition coefficient (Wildman–Crippen LogP) is 4.14. The highest BCUT2D eigenvalue weighted by atomic mass is 32.2. The standard InChI is InChI=1S/C23H30N2O4S/c1-3-29-22-10-6-5-9-19(22)12-14-23(26)24-21-17-20(13-11-18(21)2)30(27,28)25-15-7-4-8-16-25/h5-6,9-11,13,17H,3-4,7-8,12,14-16H2,1-2H3,(H,24,26). The fourth-order valence-corrected chi connectivity index (χ4v) is 5.16. The molecule has 2 aromatic rings. The number of hydrogen-bond donors (Lipinski definition) is 1. The molecule has 1 fully saturated rings. The number of ether oxygens (including phenoxy) is 1. The van der Waals surface area contributed by atoms with Crippen molar-refractivity contribution < 1.29 is 17.9 Å². The van der Waals surface area contributed by atoms with E-state index in [1.165, 1.54) is 4.31 Å². The van der Waals surface area contributed by atoms with Crippen LogP contribution in [0.15, 0.2) is 47.4 Å². The number of hydrogen-bond acceptors (Lipinski definition) is 4. The molecule has 0 bridgehead atoms. The number of sulfonamides is 1. The number of carbonyl (C=O) groups excluding carboxylic acids is 1. The lowest BCUT2D eigenvalue weighted by Gasteiger charge is -2.26. The van der Waals surface area contributed by atoms with Crippen molar-refractivity contribution in [2.45, 2.75) is 50.8 Å². The molecule has 1 amide bonds. The largest absolute Gasteiger partial charge is 0.494 e. The van der Waals surface area contributed by atoms with Crippen LogP contribution in [0.5, 0.6) is 5.75 Å². The smallest absolute Gasteiger partial charge is 0.243 e. The van der Waals surface area contributed by atoms with Crippen LogP contribution in [-0.2, 0) is 21.2 Å². The second kappa shape index (κ2) is 10.1. The van der Waals surface area contributed by atoms with Crippen molar-refractivity contribution in [2.75, 3.05) is 25.0 Å². The predicted molar refractivity (Wildman–Crippen MR) is 118 cm³/mol. The van der Waals surface area contributed by atoms with Crippen LogP contribution in [0, 0.1) is 6.92 Å². The first kappa shape index (κ1) is 22.3. The van der Waals surface area contributed by atoms with E-state index in [1.54, 1.807) is 18.2 Å². The normalized spacial score (nSPS) is 15.0. The lowest BCUT2D eigenvalue weighted by Crippen LogP contribution is -2.35. The first-order chi connectivity index (χ1) is 14.4. The Labute approximate surface area is 179 Å². The Morgan fingerprint density at radius 3 is 2.57 bits per heavy atom. The van der Waals surface area contributed by atoms with Gasteiger partial charge in [-0.2, -0.15) is 4.31 Å². The van der Waals surface area contributed by atoms with E-state index in [0.29, 0.717) is 31.8 Å². The van der Waals surface area contributed by atoms with Crippen molar-refractivity contribution in [1.29, 1.82) is 0 Å². The maximum absolute atomic E-state index is 12.9. The molecule has 1 N–H and O–H groups in total. The zero-order valence-corrected chi connectivity index (χ0v) is 18.5.